The van der Waals surface area contributed by atoms with E-state index in [-0.39, 0.29) is 0 Å². The van der Waals surface area contributed by atoms with E-state index in [2.05, 4.69) is 23.5 Å². The van der Waals surface area contributed by atoms with Crippen LogP contribution in [0.5, 0.6) is 0 Å². The van der Waals surface area contributed by atoms with Gasteiger partial charge in [0.05, 0.1) is 5.69 Å². The summed E-state index contributed by atoms with van der Waals surface area (Å²) in [5.74, 6) is 0.897. The third kappa shape index (κ3) is 3.84. The number of nitrogens with zero attached hydrogens (tertiary/aromatic N) is 2. The molecule has 0 aliphatic heterocycles. The molecule has 1 aromatic rings. The molecular weight excluding hydrogens is 222 g/mol. The van der Waals surface area contributed by atoms with Crippen molar-refractivity contribution in [2.75, 3.05) is 6.54 Å². The van der Waals surface area contributed by atoms with Gasteiger partial charge in [-0.25, -0.2) is 0 Å². The monoisotopic (exact) mass is 249 g/mol. The summed E-state index contributed by atoms with van der Waals surface area (Å²) in [7, 11) is 2.01. The second-order valence-electron chi connectivity index (χ2n) is 5.62. The Morgan fingerprint density at radius 1 is 1.28 bits per heavy atom. The highest BCUT2D eigenvalue weighted by atomic mass is 15.3. The SMILES string of the molecule is CCc1nn(C)cc1CNCC1CCCCCC1. The van der Waals surface area contributed by atoms with Gasteiger partial charge in [0, 0.05) is 25.4 Å². The topological polar surface area (TPSA) is 29.9 Å². The van der Waals surface area contributed by atoms with Gasteiger partial charge in [-0.1, -0.05) is 32.6 Å². The maximum absolute atomic E-state index is 4.49. The predicted molar refractivity (Wildman–Crippen MR) is 75.5 cm³/mol. The summed E-state index contributed by atoms with van der Waals surface area (Å²) in [4.78, 5) is 0. The molecule has 0 atom stereocenters. The molecular formula is C15H27N3. The van der Waals surface area contributed by atoms with Gasteiger partial charge in [-0.15, -0.1) is 0 Å². The number of rotatable bonds is 5. The summed E-state index contributed by atoms with van der Waals surface area (Å²) < 4.78 is 1.93. The molecule has 1 aliphatic rings. The molecule has 0 bridgehead atoms. The van der Waals surface area contributed by atoms with Crippen LogP contribution in [0.4, 0.5) is 0 Å². The molecule has 1 heterocycles. The van der Waals surface area contributed by atoms with Crippen LogP contribution in [0.15, 0.2) is 6.20 Å². The summed E-state index contributed by atoms with van der Waals surface area (Å²) in [6.07, 6.45) is 11.8. The van der Waals surface area contributed by atoms with Gasteiger partial charge in [-0.3, -0.25) is 4.68 Å². The molecule has 0 unspecified atom stereocenters. The fourth-order valence-corrected chi connectivity index (χ4v) is 3.01. The van der Waals surface area contributed by atoms with Crippen LogP contribution < -0.4 is 5.32 Å². The average molecular weight is 249 g/mol. The molecule has 1 aliphatic carbocycles. The second kappa shape index (κ2) is 6.93. The summed E-state index contributed by atoms with van der Waals surface area (Å²) >= 11 is 0. The third-order valence-corrected chi connectivity index (χ3v) is 4.05. The van der Waals surface area contributed by atoms with Crippen molar-refractivity contribution in [3.63, 3.8) is 0 Å². The van der Waals surface area contributed by atoms with Gasteiger partial charge in [0.15, 0.2) is 0 Å². The van der Waals surface area contributed by atoms with E-state index in [9.17, 15) is 0 Å². The first kappa shape index (κ1) is 13.6. The lowest BCUT2D eigenvalue weighted by atomic mass is 10.0. The van der Waals surface area contributed by atoms with Gasteiger partial charge in [-0.05, 0) is 31.7 Å². The van der Waals surface area contributed by atoms with E-state index in [0.29, 0.717) is 0 Å². The van der Waals surface area contributed by atoms with E-state index in [0.717, 1.165) is 18.9 Å². The lowest BCUT2D eigenvalue weighted by Crippen LogP contribution is -2.22. The highest BCUT2D eigenvalue weighted by molar-refractivity contribution is 5.16. The molecule has 1 saturated carbocycles. The first-order valence-electron chi connectivity index (χ1n) is 7.51. The molecule has 1 fully saturated rings. The van der Waals surface area contributed by atoms with Crippen molar-refractivity contribution >= 4 is 0 Å². The Morgan fingerprint density at radius 3 is 2.67 bits per heavy atom. The van der Waals surface area contributed by atoms with Gasteiger partial charge in [0.2, 0.25) is 0 Å². The van der Waals surface area contributed by atoms with Crippen LogP contribution in [0.25, 0.3) is 0 Å². The predicted octanol–water partition coefficient (Wildman–Crippen LogP) is 3.04. The van der Waals surface area contributed by atoms with Crippen molar-refractivity contribution < 1.29 is 0 Å². The summed E-state index contributed by atoms with van der Waals surface area (Å²) in [5.41, 5.74) is 2.61. The zero-order chi connectivity index (χ0) is 12.8. The number of hydrogen-bond acceptors (Lipinski definition) is 2. The maximum atomic E-state index is 4.49. The summed E-state index contributed by atoms with van der Waals surface area (Å²) in [5, 5.41) is 8.12. The molecule has 102 valence electrons. The molecule has 0 amide bonds. The minimum absolute atomic E-state index is 0.897. The Morgan fingerprint density at radius 2 is 2.00 bits per heavy atom. The van der Waals surface area contributed by atoms with Gasteiger partial charge < -0.3 is 5.32 Å². The Bertz CT molecular complexity index is 349. The third-order valence-electron chi connectivity index (χ3n) is 4.05. The minimum Gasteiger partial charge on any atom is -0.312 e. The molecule has 0 spiro atoms. The molecule has 18 heavy (non-hydrogen) atoms. The van der Waals surface area contributed by atoms with E-state index in [1.165, 1.54) is 56.3 Å². The van der Waals surface area contributed by atoms with Crippen molar-refractivity contribution in [1.82, 2.24) is 15.1 Å². The quantitative estimate of drug-likeness (QED) is 0.813. The number of aromatic nitrogens is 2. The normalized spacial score (nSPS) is 17.9. The van der Waals surface area contributed by atoms with Gasteiger partial charge in [0.1, 0.15) is 0 Å². The first-order valence-corrected chi connectivity index (χ1v) is 7.51. The molecule has 0 radical (unpaired) electrons. The first-order chi connectivity index (χ1) is 8.79. The molecule has 3 nitrogen and oxygen atoms in total. The van der Waals surface area contributed by atoms with Crippen molar-refractivity contribution in [3.8, 4) is 0 Å². The van der Waals surface area contributed by atoms with Crippen LogP contribution >= 0.6 is 0 Å². The van der Waals surface area contributed by atoms with Crippen LogP contribution in [-0.4, -0.2) is 16.3 Å². The van der Waals surface area contributed by atoms with Crippen LogP contribution in [0.1, 0.15) is 56.7 Å². The van der Waals surface area contributed by atoms with Crippen molar-refractivity contribution in [2.45, 2.75) is 58.4 Å². The molecule has 0 aromatic carbocycles. The zero-order valence-electron chi connectivity index (χ0n) is 11.9. The molecule has 1 aromatic heterocycles. The number of aryl methyl sites for hydroxylation is 2. The van der Waals surface area contributed by atoms with Crippen LogP contribution in [-0.2, 0) is 20.0 Å². The van der Waals surface area contributed by atoms with Gasteiger partial charge in [0.25, 0.3) is 0 Å². The summed E-state index contributed by atoms with van der Waals surface area (Å²) in [6, 6.07) is 0. The van der Waals surface area contributed by atoms with Crippen LogP contribution in [0, 0.1) is 5.92 Å². The summed E-state index contributed by atoms with van der Waals surface area (Å²) in [6.45, 7) is 4.34. The fourth-order valence-electron chi connectivity index (χ4n) is 3.01. The fraction of sp³-hybridized carbons (Fsp3) is 0.800. The number of nitrogens with one attached hydrogen (secondary N) is 1. The van der Waals surface area contributed by atoms with Gasteiger partial charge in [-0.2, -0.15) is 5.10 Å². The number of hydrogen-bond donors (Lipinski definition) is 1. The standard InChI is InChI=1S/C15H27N3/c1-3-15-14(12-18(2)17-15)11-16-10-13-8-6-4-5-7-9-13/h12-13,16H,3-11H2,1-2H3. The van der Waals surface area contributed by atoms with E-state index in [1.807, 2.05) is 11.7 Å². The average Bonchev–Trinajstić information content (AvgIpc) is 2.57. The smallest absolute Gasteiger partial charge is 0.0666 e. The Kier molecular flexibility index (Phi) is 5.24. The van der Waals surface area contributed by atoms with E-state index in [4.69, 9.17) is 0 Å². The maximum Gasteiger partial charge on any atom is 0.0666 e. The Labute approximate surface area is 111 Å². The zero-order valence-corrected chi connectivity index (χ0v) is 11.9. The van der Waals surface area contributed by atoms with Crippen molar-refractivity contribution in [1.29, 1.82) is 0 Å². The van der Waals surface area contributed by atoms with Crippen molar-refractivity contribution in [2.24, 2.45) is 13.0 Å². The van der Waals surface area contributed by atoms with Crippen LogP contribution in [0.2, 0.25) is 0 Å². The van der Waals surface area contributed by atoms with E-state index >= 15 is 0 Å². The van der Waals surface area contributed by atoms with E-state index in [1.54, 1.807) is 0 Å². The minimum atomic E-state index is 0.897. The van der Waals surface area contributed by atoms with Gasteiger partial charge >= 0.3 is 0 Å². The lowest BCUT2D eigenvalue weighted by molar-refractivity contribution is 0.425. The van der Waals surface area contributed by atoms with E-state index < -0.39 is 0 Å². The largest absolute Gasteiger partial charge is 0.312 e. The molecule has 2 rings (SSSR count). The van der Waals surface area contributed by atoms with Crippen LogP contribution in [0.3, 0.4) is 0 Å². The highest BCUT2D eigenvalue weighted by Gasteiger charge is 2.12. The Balaban J connectivity index is 1.76. The highest BCUT2D eigenvalue weighted by Crippen LogP contribution is 2.22. The second-order valence-corrected chi connectivity index (χ2v) is 5.62. The Hall–Kier alpha value is -0.830. The molecule has 1 N–H and O–H groups in total. The van der Waals surface area contributed by atoms with Crippen molar-refractivity contribution in [3.05, 3.63) is 17.5 Å². The molecule has 3 heteroatoms. The molecule has 0 saturated heterocycles. The lowest BCUT2D eigenvalue weighted by Gasteiger charge is -2.14.